The highest BCUT2D eigenvalue weighted by Gasteiger charge is 2.20. The molecular formula is C18H27ClN2S. The second kappa shape index (κ2) is 9.29. The molecule has 0 fully saturated rings. The minimum atomic E-state index is 0. The third-order valence-electron chi connectivity index (χ3n) is 3.95. The predicted molar refractivity (Wildman–Crippen MR) is 99.2 cm³/mol. The smallest absolute Gasteiger partial charge is 0.1000 e. The summed E-state index contributed by atoms with van der Waals surface area (Å²) in [6.07, 6.45) is 3.03. The highest BCUT2D eigenvalue weighted by atomic mass is 35.5. The summed E-state index contributed by atoms with van der Waals surface area (Å²) in [4.78, 5) is 7.12. The van der Waals surface area contributed by atoms with Crippen LogP contribution in [0.1, 0.15) is 50.6 Å². The van der Waals surface area contributed by atoms with Crippen molar-refractivity contribution in [3.05, 3.63) is 52.5 Å². The van der Waals surface area contributed by atoms with E-state index < -0.39 is 0 Å². The van der Waals surface area contributed by atoms with Gasteiger partial charge in [-0.05, 0) is 46.2 Å². The Morgan fingerprint density at radius 1 is 1.05 bits per heavy atom. The molecular weight excluding hydrogens is 312 g/mol. The Bertz CT molecular complexity index is 503. The van der Waals surface area contributed by atoms with Crippen molar-refractivity contribution >= 4 is 23.7 Å². The van der Waals surface area contributed by atoms with Crippen molar-refractivity contribution in [3.63, 3.8) is 0 Å². The molecule has 1 heterocycles. The van der Waals surface area contributed by atoms with Crippen molar-refractivity contribution in [2.24, 2.45) is 0 Å². The first-order valence-corrected chi connectivity index (χ1v) is 8.67. The summed E-state index contributed by atoms with van der Waals surface area (Å²) in [7, 11) is 0. The first-order chi connectivity index (χ1) is 10.1. The zero-order valence-corrected chi connectivity index (χ0v) is 15.5. The van der Waals surface area contributed by atoms with Crippen LogP contribution in [0, 0.1) is 0 Å². The molecule has 0 aliphatic carbocycles. The van der Waals surface area contributed by atoms with Gasteiger partial charge in [0.05, 0.1) is 5.01 Å². The number of halogens is 1. The zero-order chi connectivity index (χ0) is 15.2. The summed E-state index contributed by atoms with van der Waals surface area (Å²) in [5, 5.41) is 3.31. The maximum Gasteiger partial charge on any atom is 0.1000 e. The summed E-state index contributed by atoms with van der Waals surface area (Å²) in [5.41, 5.74) is 1.37. The van der Waals surface area contributed by atoms with Crippen LogP contribution in [0.2, 0.25) is 0 Å². The number of rotatable bonds is 7. The van der Waals surface area contributed by atoms with Crippen molar-refractivity contribution in [2.45, 2.75) is 52.1 Å². The van der Waals surface area contributed by atoms with Gasteiger partial charge < -0.3 is 0 Å². The van der Waals surface area contributed by atoms with Crippen molar-refractivity contribution < 1.29 is 0 Å². The van der Waals surface area contributed by atoms with Gasteiger partial charge in [0.1, 0.15) is 0 Å². The topological polar surface area (TPSA) is 16.1 Å². The Kier molecular flexibility index (Phi) is 8.08. The molecule has 0 N–H and O–H groups in total. The predicted octanol–water partition coefficient (Wildman–Crippen LogP) is 5.21. The minimum absolute atomic E-state index is 0. The third-order valence-corrected chi connectivity index (χ3v) is 4.84. The Balaban J connectivity index is 0.00000242. The van der Waals surface area contributed by atoms with Crippen LogP contribution in [0.25, 0.3) is 0 Å². The van der Waals surface area contributed by atoms with Gasteiger partial charge in [0, 0.05) is 29.6 Å². The molecule has 1 unspecified atom stereocenters. The van der Waals surface area contributed by atoms with Crippen LogP contribution in [-0.4, -0.2) is 28.5 Å². The highest BCUT2D eigenvalue weighted by Crippen LogP contribution is 2.30. The average Bonchev–Trinajstić information content (AvgIpc) is 2.97. The zero-order valence-electron chi connectivity index (χ0n) is 13.9. The first kappa shape index (κ1) is 19.1. The maximum atomic E-state index is 4.56. The van der Waals surface area contributed by atoms with Crippen molar-refractivity contribution in [1.29, 1.82) is 0 Å². The lowest BCUT2D eigenvalue weighted by Crippen LogP contribution is -2.38. The molecule has 0 spiro atoms. The molecule has 0 saturated carbocycles. The summed E-state index contributed by atoms with van der Waals surface area (Å²) < 4.78 is 0. The van der Waals surface area contributed by atoms with Gasteiger partial charge in [-0.25, -0.2) is 4.98 Å². The average molecular weight is 339 g/mol. The molecule has 2 rings (SSSR count). The second-order valence-corrected chi connectivity index (χ2v) is 6.97. The molecule has 122 valence electrons. The molecule has 1 atom stereocenters. The molecule has 0 bridgehead atoms. The van der Waals surface area contributed by atoms with E-state index in [-0.39, 0.29) is 12.4 Å². The molecule has 1 aromatic carbocycles. The van der Waals surface area contributed by atoms with Crippen molar-refractivity contribution in [2.75, 3.05) is 6.54 Å². The third kappa shape index (κ3) is 5.08. The van der Waals surface area contributed by atoms with E-state index >= 15 is 0 Å². The molecule has 2 nitrogen and oxygen atoms in total. The van der Waals surface area contributed by atoms with E-state index in [2.05, 4.69) is 73.3 Å². The van der Waals surface area contributed by atoms with E-state index in [9.17, 15) is 0 Å². The first-order valence-electron chi connectivity index (χ1n) is 7.79. The van der Waals surface area contributed by atoms with Crippen LogP contribution < -0.4 is 0 Å². The Morgan fingerprint density at radius 2 is 1.68 bits per heavy atom. The van der Waals surface area contributed by atoms with Crippen LogP contribution in [0.3, 0.4) is 0 Å². The van der Waals surface area contributed by atoms with Crippen molar-refractivity contribution in [1.82, 2.24) is 9.88 Å². The van der Waals surface area contributed by atoms with Crippen molar-refractivity contribution in [3.8, 4) is 0 Å². The van der Waals surface area contributed by atoms with Crippen LogP contribution in [0.5, 0.6) is 0 Å². The number of hydrogen-bond acceptors (Lipinski definition) is 3. The Hall–Kier alpha value is -0.900. The molecule has 4 heteroatoms. The van der Waals surface area contributed by atoms with E-state index in [1.165, 1.54) is 10.6 Å². The molecule has 0 amide bonds. The fraction of sp³-hybridized carbons (Fsp3) is 0.500. The quantitative estimate of drug-likeness (QED) is 0.689. The molecule has 0 radical (unpaired) electrons. The molecule has 22 heavy (non-hydrogen) atoms. The van der Waals surface area contributed by atoms with Crippen LogP contribution in [0.15, 0.2) is 41.9 Å². The van der Waals surface area contributed by atoms with Gasteiger partial charge >= 0.3 is 0 Å². The van der Waals surface area contributed by atoms with Gasteiger partial charge in [-0.3, -0.25) is 4.90 Å². The van der Waals surface area contributed by atoms with E-state index in [1.807, 2.05) is 6.20 Å². The largest absolute Gasteiger partial charge is 0.299 e. The molecule has 2 aromatic rings. The second-order valence-electron chi connectivity index (χ2n) is 6.05. The fourth-order valence-corrected chi connectivity index (χ4v) is 3.72. The van der Waals surface area contributed by atoms with E-state index in [0.29, 0.717) is 18.0 Å². The maximum absolute atomic E-state index is 4.56. The molecule has 1 aromatic heterocycles. The van der Waals surface area contributed by atoms with Crippen LogP contribution in [0.4, 0.5) is 0 Å². The Morgan fingerprint density at radius 3 is 2.18 bits per heavy atom. The number of nitrogens with zero attached hydrogens (tertiary/aromatic N) is 2. The number of aromatic nitrogens is 1. The lowest BCUT2D eigenvalue weighted by Gasteiger charge is -2.31. The van der Waals surface area contributed by atoms with Gasteiger partial charge in [0.15, 0.2) is 0 Å². The van der Waals surface area contributed by atoms with Gasteiger partial charge in [0.25, 0.3) is 0 Å². The highest BCUT2D eigenvalue weighted by molar-refractivity contribution is 7.09. The number of thiazole rings is 1. The molecule has 0 aliphatic rings. The van der Waals surface area contributed by atoms with Gasteiger partial charge in [-0.1, -0.05) is 30.3 Å². The molecule has 0 aliphatic heterocycles. The fourth-order valence-electron chi connectivity index (χ4n) is 2.92. The lowest BCUT2D eigenvalue weighted by molar-refractivity contribution is 0.170. The number of hydrogen-bond donors (Lipinski definition) is 0. The monoisotopic (exact) mass is 338 g/mol. The normalized spacial score (nSPS) is 12.7. The SMILES string of the molecule is CC(C)N(CCC(c1ccccc1)c1nccs1)C(C)C.Cl. The summed E-state index contributed by atoms with van der Waals surface area (Å²) >= 11 is 1.76. The lowest BCUT2D eigenvalue weighted by atomic mass is 9.95. The van der Waals surface area contributed by atoms with Crippen LogP contribution in [-0.2, 0) is 0 Å². The van der Waals surface area contributed by atoms with Crippen LogP contribution >= 0.6 is 23.7 Å². The summed E-state index contributed by atoms with van der Waals surface area (Å²) in [6.45, 7) is 10.2. The number of benzene rings is 1. The van der Waals surface area contributed by atoms with Gasteiger partial charge in [-0.2, -0.15) is 0 Å². The minimum Gasteiger partial charge on any atom is -0.299 e. The van der Waals surface area contributed by atoms with E-state index in [0.717, 1.165) is 13.0 Å². The standard InChI is InChI=1S/C18H26N2S.ClH/c1-14(2)20(15(3)4)12-10-17(18-19-11-13-21-18)16-8-6-5-7-9-16;/h5-9,11,13-15,17H,10,12H2,1-4H3;1H. The van der Waals surface area contributed by atoms with Gasteiger partial charge in [-0.15, -0.1) is 23.7 Å². The summed E-state index contributed by atoms with van der Waals surface area (Å²) in [6, 6.07) is 11.9. The molecule has 0 saturated heterocycles. The Labute approximate surface area is 145 Å². The van der Waals surface area contributed by atoms with Gasteiger partial charge in [0.2, 0.25) is 0 Å². The van der Waals surface area contributed by atoms with E-state index in [4.69, 9.17) is 0 Å². The summed E-state index contributed by atoms with van der Waals surface area (Å²) in [5.74, 6) is 0.409. The van der Waals surface area contributed by atoms with E-state index in [1.54, 1.807) is 11.3 Å².